The fourth-order valence-corrected chi connectivity index (χ4v) is 5.23. The Balaban J connectivity index is 1.42. The molecule has 1 aromatic carbocycles. The summed E-state index contributed by atoms with van der Waals surface area (Å²) in [5, 5.41) is 7.21. The van der Waals surface area contributed by atoms with Crippen molar-refractivity contribution in [2.75, 3.05) is 20.2 Å². The molecule has 1 aromatic heterocycles. The van der Waals surface area contributed by atoms with Crippen LogP contribution >= 0.6 is 0 Å². The van der Waals surface area contributed by atoms with Gasteiger partial charge in [-0.2, -0.15) is 4.98 Å². The summed E-state index contributed by atoms with van der Waals surface area (Å²) in [6, 6.07) is 7.82. The van der Waals surface area contributed by atoms with Crippen LogP contribution in [-0.4, -0.2) is 53.1 Å². The number of carbonyl (C=O) groups excluding carboxylic acids is 2. The zero-order valence-corrected chi connectivity index (χ0v) is 19.3. The van der Waals surface area contributed by atoms with Gasteiger partial charge in [0.15, 0.2) is 5.82 Å². The number of aryl methyl sites for hydroxylation is 2. The summed E-state index contributed by atoms with van der Waals surface area (Å²) in [5.41, 5.74) is 0.680. The van der Waals surface area contributed by atoms with E-state index in [1.54, 1.807) is 14.0 Å². The maximum Gasteiger partial charge on any atom is 0.235 e. The molecule has 0 spiro atoms. The van der Waals surface area contributed by atoms with Crippen molar-refractivity contribution in [1.82, 2.24) is 20.4 Å². The van der Waals surface area contributed by atoms with Crippen LogP contribution in [-0.2, 0) is 21.4 Å². The maximum absolute atomic E-state index is 12.7. The number of aromatic nitrogens is 2. The number of benzene rings is 1. The number of hydrogen-bond donors (Lipinski definition) is 1. The van der Waals surface area contributed by atoms with Crippen LogP contribution in [0.25, 0.3) is 0 Å². The Morgan fingerprint density at radius 3 is 2.88 bits per heavy atom. The molecule has 172 valence electrons. The minimum absolute atomic E-state index is 0.0290. The highest BCUT2D eigenvalue weighted by molar-refractivity contribution is 5.79. The number of fused-ring (bicyclic) bond motifs is 1. The molecule has 2 amide bonds. The molecule has 3 atom stereocenters. The number of nitrogens with one attached hydrogen (secondary N) is 1. The van der Waals surface area contributed by atoms with E-state index in [9.17, 15) is 9.59 Å². The Morgan fingerprint density at radius 2 is 2.19 bits per heavy atom. The fraction of sp³-hybridized carbons (Fsp3) is 0.583. The summed E-state index contributed by atoms with van der Waals surface area (Å²) in [7, 11) is 1.64. The third kappa shape index (κ3) is 4.36. The van der Waals surface area contributed by atoms with E-state index in [4.69, 9.17) is 9.26 Å². The second-order valence-electron chi connectivity index (χ2n) is 9.43. The minimum atomic E-state index is -0.392. The molecule has 2 heterocycles. The second-order valence-corrected chi connectivity index (χ2v) is 9.43. The van der Waals surface area contributed by atoms with Crippen molar-refractivity contribution in [3.8, 4) is 5.75 Å². The lowest BCUT2D eigenvalue weighted by molar-refractivity contribution is -0.134. The van der Waals surface area contributed by atoms with Gasteiger partial charge < -0.3 is 19.5 Å². The van der Waals surface area contributed by atoms with Crippen LogP contribution in [0.5, 0.6) is 5.75 Å². The molecule has 8 heteroatoms. The summed E-state index contributed by atoms with van der Waals surface area (Å²) in [6.45, 7) is 6.87. The molecule has 4 rings (SSSR count). The number of rotatable bonds is 7. The zero-order valence-electron chi connectivity index (χ0n) is 19.3. The van der Waals surface area contributed by atoms with Crippen LogP contribution in [0.1, 0.15) is 50.4 Å². The van der Waals surface area contributed by atoms with Gasteiger partial charge in [-0.05, 0) is 49.8 Å². The molecule has 0 radical (unpaired) electrons. The Labute approximate surface area is 188 Å². The van der Waals surface area contributed by atoms with Crippen LogP contribution in [0.3, 0.4) is 0 Å². The number of carbonyl (C=O) groups is 2. The van der Waals surface area contributed by atoms with E-state index in [2.05, 4.69) is 15.5 Å². The predicted octanol–water partition coefficient (Wildman–Crippen LogP) is 2.65. The number of likely N-dealkylation sites (tertiary alicyclic amines) is 1. The minimum Gasteiger partial charge on any atom is -0.497 e. The van der Waals surface area contributed by atoms with Crippen molar-refractivity contribution < 1.29 is 18.8 Å². The Kier molecular flexibility index (Phi) is 6.22. The SMILES string of the molecule is COc1cccc(CCC(=O)NC2CC3CN(C(=O)C(C)C)CC3(c3nc(C)no3)C2)c1. The molecule has 1 saturated carbocycles. The highest BCUT2D eigenvalue weighted by Gasteiger charge is 2.58. The first-order valence-corrected chi connectivity index (χ1v) is 11.3. The highest BCUT2D eigenvalue weighted by Crippen LogP contribution is 2.50. The molecule has 32 heavy (non-hydrogen) atoms. The fourth-order valence-electron chi connectivity index (χ4n) is 5.23. The van der Waals surface area contributed by atoms with E-state index in [1.807, 2.05) is 43.0 Å². The first-order valence-electron chi connectivity index (χ1n) is 11.3. The van der Waals surface area contributed by atoms with E-state index < -0.39 is 5.41 Å². The van der Waals surface area contributed by atoms with Crippen molar-refractivity contribution in [3.05, 3.63) is 41.5 Å². The van der Waals surface area contributed by atoms with Crippen LogP contribution in [0.2, 0.25) is 0 Å². The van der Waals surface area contributed by atoms with Crippen molar-refractivity contribution in [2.24, 2.45) is 11.8 Å². The molecule has 8 nitrogen and oxygen atoms in total. The van der Waals surface area contributed by atoms with Crippen LogP contribution in [0, 0.1) is 18.8 Å². The zero-order chi connectivity index (χ0) is 22.9. The second kappa shape index (κ2) is 8.92. The summed E-state index contributed by atoms with van der Waals surface area (Å²) in [6.07, 6.45) is 2.57. The molecule has 1 aliphatic heterocycles. The first kappa shape index (κ1) is 22.3. The molecule has 2 aliphatic rings. The number of amides is 2. The van der Waals surface area contributed by atoms with Gasteiger partial charge >= 0.3 is 0 Å². The van der Waals surface area contributed by atoms with Crippen LogP contribution in [0.4, 0.5) is 0 Å². The lowest BCUT2D eigenvalue weighted by Crippen LogP contribution is -2.40. The lowest BCUT2D eigenvalue weighted by Gasteiger charge is -2.26. The molecule has 2 fully saturated rings. The van der Waals surface area contributed by atoms with Gasteiger partial charge in [0, 0.05) is 31.5 Å². The molecule has 1 aliphatic carbocycles. The van der Waals surface area contributed by atoms with Gasteiger partial charge in [-0.15, -0.1) is 0 Å². The van der Waals surface area contributed by atoms with Crippen LogP contribution < -0.4 is 10.1 Å². The number of hydrogen-bond acceptors (Lipinski definition) is 6. The number of methoxy groups -OCH3 is 1. The monoisotopic (exact) mass is 440 g/mol. The van der Waals surface area contributed by atoms with Crippen LogP contribution in [0.15, 0.2) is 28.8 Å². The van der Waals surface area contributed by atoms with Gasteiger partial charge in [-0.1, -0.05) is 31.1 Å². The molecule has 1 N–H and O–H groups in total. The van der Waals surface area contributed by atoms with E-state index >= 15 is 0 Å². The van der Waals surface area contributed by atoms with Crippen molar-refractivity contribution in [1.29, 1.82) is 0 Å². The van der Waals surface area contributed by atoms with E-state index in [0.29, 0.717) is 44.1 Å². The molecule has 1 saturated heterocycles. The largest absolute Gasteiger partial charge is 0.497 e. The third-order valence-electron chi connectivity index (χ3n) is 6.77. The van der Waals surface area contributed by atoms with Gasteiger partial charge in [-0.25, -0.2) is 0 Å². The van der Waals surface area contributed by atoms with E-state index in [1.165, 1.54) is 0 Å². The van der Waals surface area contributed by atoms with E-state index in [0.717, 1.165) is 17.7 Å². The lowest BCUT2D eigenvalue weighted by atomic mass is 9.80. The van der Waals surface area contributed by atoms with Crippen molar-refractivity contribution >= 4 is 11.8 Å². The topological polar surface area (TPSA) is 97.6 Å². The van der Waals surface area contributed by atoms with Gasteiger partial charge in [-0.3, -0.25) is 9.59 Å². The van der Waals surface area contributed by atoms with Crippen molar-refractivity contribution in [2.45, 2.75) is 57.9 Å². The van der Waals surface area contributed by atoms with Gasteiger partial charge in [0.25, 0.3) is 0 Å². The smallest absolute Gasteiger partial charge is 0.235 e. The molecular formula is C24H32N4O4. The Hall–Kier alpha value is -2.90. The quantitative estimate of drug-likeness (QED) is 0.711. The first-order chi connectivity index (χ1) is 15.3. The highest BCUT2D eigenvalue weighted by atomic mass is 16.5. The number of nitrogens with zero attached hydrogens (tertiary/aromatic N) is 3. The van der Waals surface area contributed by atoms with Crippen molar-refractivity contribution in [3.63, 3.8) is 0 Å². The summed E-state index contributed by atoms with van der Waals surface area (Å²) in [5.74, 6) is 2.29. The number of ether oxygens (including phenoxy) is 1. The molecule has 3 unspecified atom stereocenters. The molecular weight excluding hydrogens is 408 g/mol. The standard InChI is InChI=1S/C24H32N4O4/c1-15(2)22(30)28-13-18-11-19(12-24(18,14-28)23-25-16(3)27-32-23)26-21(29)9-8-17-6-5-7-20(10-17)31-4/h5-7,10,15,18-19H,8-9,11-14H2,1-4H3,(H,26,29). The van der Waals surface area contributed by atoms with Gasteiger partial charge in [0.1, 0.15) is 5.75 Å². The summed E-state index contributed by atoms with van der Waals surface area (Å²) >= 11 is 0. The summed E-state index contributed by atoms with van der Waals surface area (Å²) in [4.78, 5) is 31.8. The van der Waals surface area contributed by atoms with E-state index in [-0.39, 0.29) is 29.7 Å². The normalized spacial score (nSPS) is 24.6. The summed E-state index contributed by atoms with van der Waals surface area (Å²) < 4.78 is 10.9. The predicted molar refractivity (Wildman–Crippen MR) is 118 cm³/mol. The average Bonchev–Trinajstić information content (AvgIpc) is 3.44. The Bertz CT molecular complexity index is 988. The van der Waals surface area contributed by atoms with Gasteiger partial charge in [0.05, 0.1) is 12.5 Å². The van der Waals surface area contributed by atoms with Gasteiger partial charge in [0.2, 0.25) is 17.7 Å². The molecule has 0 bridgehead atoms. The third-order valence-corrected chi connectivity index (χ3v) is 6.77. The molecule has 2 aromatic rings. The Morgan fingerprint density at radius 1 is 1.38 bits per heavy atom. The average molecular weight is 441 g/mol. The maximum atomic E-state index is 12.7.